The lowest BCUT2D eigenvalue weighted by atomic mass is 9.98. The number of anilines is 2. The van der Waals surface area contributed by atoms with Crippen LogP contribution in [0.3, 0.4) is 0 Å². The molecule has 2 heterocycles. The molecule has 5 rings (SSSR count). The van der Waals surface area contributed by atoms with E-state index in [9.17, 15) is 14.7 Å². The molecule has 0 aromatic heterocycles. The Bertz CT molecular complexity index is 1210. The van der Waals surface area contributed by atoms with E-state index in [-0.39, 0.29) is 17.6 Å². The lowest BCUT2D eigenvalue weighted by Crippen LogP contribution is -2.33. The Morgan fingerprint density at radius 3 is 2.33 bits per heavy atom. The van der Waals surface area contributed by atoms with E-state index in [2.05, 4.69) is 5.32 Å². The minimum absolute atomic E-state index is 0.132. The number of para-hydroxylation sites is 1. The SMILES string of the molecule is O=C1C2=C(C(=O)N1c1ccc(Cl)cc1)[C@H](c1ccc(O)cc1)Nc1ccccc1S2. The predicted octanol–water partition coefficient (Wildman–Crippen LogP) is 5.13. The van der Waals surface area contributed by atoms with E-state index in [1.54, 1.807) is 48.5 Å². The van der Waals surface area contributed by atoms with E-state index >= 15 is 0 Å². The number of rotatable bonds is 2. The fourth-order valence-corrected chi connectivity index (χ4v) is 4.86. The molecule has 30 heavy (non-hydrogen) atoms. The van der Waals surface area contributed by atoms with Crippen LogP contribution in [0.1, 0.15) is 11.6 Å². The average molecular weight is 435 g/mol. The van der Waals surface area contributed by atoms with Crippen LogP contribution in [-0.2, 0) is 9.59 Å². The molecule has 1 atom stereocenters. The molecule has 5 nitrogen and oxygen atoms in total. The molecule has 0 saturated heterocycles. The van der Waals surface area contributed by atoms with Gasteiger partial charge in [-0.05, 0) is 54.1 Å². The molecular formula is C23H15ClN2O3S. The number of amides is 2. The fraction of sp³-hybridized carbons (Fsp3) is 0.0435. The Morgan fingerprint density at radius 2 is 1.60 bits per heavy atom. The maximum absolute atomic E-state index is 13.5. The van der Waals surface area contributed by atoms with Crippen molar-refractivity contribution >= 4 is 46.6 Å². The Labute approximate surface area is 182 Å². The first-order valence-electron chi connectivity index (χ1n) is 9.24. The Morgan fingerprint density at radius 1 is 0.900 bits per heavy atom. The number of imide groups is 1. The molecule has 0 fully saturated rings. The zero-order valence-corrected chi connectivity index (χ0v) is 17.1. The molecule has 2 aliphatic heterocycles. The number of carbonyl (C=O) groups is 2. The quantitative estimate of drug-likeness (QED) is 0.547. The Hall–Kier alpha value is -3.22. The molecule has 0 saturated carbocycles. The summed E-state index contributed by atoms with van der Waals surface area (Å²) in [4.78, 5) is 29.3. The van der Waals surface area contributed by atoms with Crippen molar-refractivity contribution in [3.8, 4) is 5.75 Å². The molecule has 3 aromatic rings. The summed E-state index contributed by atoms with van der Waals surface area (Å²) in [7, 11) is 0. The van der Waals surface area contributed by atoms with Crippen molar-refractivity contribution in [3.63, 3.8) is 0 Å². The monoisotopic (exact) mass is 434 g/mol. The molecule has 3 aromatic carbocycles. The first-order valence-corrected chi connectivity index (χ1v) is 10.4. The minimum atomic E-state index is -0.537. The van der Waals surface area contributed by atoms with E-state index in [1.807, 2.05) is 24.3 Å². The number of phenolic OH excluding ortho intramolecular Hbond substituents is 1. The summed E-state index contributed by atoms with van der Waals surface area (Å²) in [6.45, 7) is 0. The number of nitrogens with zero attached hydrogens (tertiary/aromatic N) is 1. The second kappa shape index (κ2) is 7.23. The van der Waals surface area contributed by atoms with Crippen LogP contribution in [0.4, 0.5) is 11.4 Å². The number of hydrogen-bond acceptors (Lipinski definition) is 5. The third-order valence-electron chi connectivity index (χ3n) is 5.07. The van der Waals surface area contributed by atoms with Gasteiger partial charge < -0.3 is 10.4 Å². The topological polar surface area (TPSA) is 69.6 Å². The van der Waals surface area contributed by atoms with Crippen LogP contribution in [0.25, 0.3) is 0 Å². The van der Waals surface area contributed by atoms with Crippen molar-refractivity contribution < 1.29 is 14.7 Å². The van der Waals surface area contributed by atoms with Crippen LogP contribution in [-0.4, -0.2) is 16.9 Å². The molecule has 0 radical (unpaired) electrons. The highest BCUT2D eigenvalue weighted by Gasteiger charge is 2.45. The zero-order valence-electron chi connectivity index (χ0n) is 15.5. The number of phenols is 1. The van der Waals surface area contributed by atoms with Gasteiger partial charge in [0.25, 0.3) is 11.8 Å². The van der Waals surface area contributed by atoms with E-state index in [4.69, 9.17) is 11.6 Å². The van der Waals surface area contributed by atoms with Crippen molar-refractivity contribution in [2.75, 3.05) is 10.2 Å². The van der Waals surface area contributed by atoms with Crippen LogP contribution >= 0.6 is 23.4 Å². The summed E-state index contributed by atoms with van der Waals surface area (Å²) >= 11 is 7.27. The van der Waals surface area contributed by atoms with Gasteiger partial charge in [0.2, 0.25) is 0 Å². The predicted molar refractivity (Wildman–Crippen MR) is 118 cm³/mol. The maximum atomic E-state index is 13.5. The van der Waals surface area contributed by atoms with Crippen molar-refractivity contribution in [1.82, 2.24) is 0 Å². The number of hydrogen-bond donors (Lipinski definition) is 2. The van der Waals surface area contributed by atoms with Crippen LogP contribution in [0.5, 0.6) is 5.75 Å². The number of carbonyl (C=O) groups excluding carboxylic acids is 2. The van der Waals surface area contributed by atoms with Crippen LogP contribution < -0.4 is 10.2 Å². The lowest BCUT2D eigenvalue weighted by molar-refractivity contribution is -0.120. The second-order valence-electron chi connectivity index (χ2n) is 6.93. The van der Waals surface area contributed by atoms with Gasteiger partial charge in [0.1, 0.15) is 5.75 Å². The second-order valence-corrected chi connectivity index (χ2v) is 8.42. The van der Waals surface area contributed by atoms with Gasteiger partial charge in [0, 0.05) is 15.6 Å². The smallest absolute Gasteiger partial charge is 0.272 e. The van der Waals surface area contributed by atoms with Gasteiger partial charge >= 0.3 is 0 Å². The van der Waals surface area contributed by atoms with Crippen molar-refractivity contribution in [2.45, 2.75) is 10.9 Å². The van der Waals surface area contributed by atoms with Crippen molar-refractivity contribution in [1.29, 1.82) is 0 Å². The molecule has 2 N–H and O–H groups in total. The summed E-state index contributed by atoms with van der Waals surface area (Å²) in [5, 5.41) is 13.6. The molecule has 7 heteroatoms. The first-order chi connectivity index (χ1) is 14.5. The number of halogens is 1. The van der Waals surface area contributed by atoms with Gasteiger partial charge in [0.15, 0.2) is 0 Å². The van der Waals surface area contributed by atoms with E-state index in [0.717, 1.165) is 16.1 Å². The first kappa shape index (κ1) is 18.8. The van der Waals surface area contributed by atoms with E-state index in [1.165, 1.54) is 16.7 Å². The molecule has 148 valence electrons. The summed E-state index contributed by atoms with van der Waals surface area (Å²) in [6, 6.07) is 20.4. The maximum Gasteiger partial charge on any atom is 0.272 e. The highest BCUT2D eigenvalue weighted by molar-refractivity contribution is 8.04. The Kier molecular flexibility index (Phi) is 4.53. The summed E-state index contributed by atoms with van der Waals surface area (Å²) < 4.78 is 0. The van der Waals surface area contributed by atoms with Gasteiger partial charge in [-0.3, -0.25) is 9.59 Å². The molecule has 0 aliphatic carbocycles. The van der Waals surface area contributed by atoms with Gasteiger partial charge in [0.05, 0.1) is 22.2 Å². The number of nitrogens with one attached hydrogen (secondary N) is 1. The number of thioether (sulfide) groups is 1. The van der Waals surface area contributed by atoms with Gasteiger partial charge in [-0.15, -0.1) is 0 Å². The molecule has 0 unspecified atom stereocenters. The van der Waals surface area contributed by atoms with Crippen molar-refractivity contribution in [2.24, 2.45) is 0 Å². The molecular weight excluding hydrogens is 420 g/mol. The van der Waals surface area contributed by atoms with Gasteiger partial charge in [-0.2, -0.15) is 0 Å². The van der Waals surface area contributed by atoms with Crippen LogP contribution in [0, 0.1) is 0 Å². The van der Waals surface area contributed by atoms with Gasteiger partial charge in [-0.25, -0.2) is 4.90 Å². The molecule has 0 bridgehead atoms. The lowest BCUT2D eigenvalue weighted by Gasteiger charge is -2.22. The third kappa shape index (κ3) is 3.05. The highest BCUT2D eigenvalue weighted by Crippen LogP contribution is 2.48. The standard InChI is InChI=1S/C23H15ClN2O3S/c24-14-7-9-15(10-8-14)26-22(28)19-20(13-5-11-16(27)12-6-13)25-17-3-1-2-4-18(17)30-21(19)23(26)29/h1-12,20,25,27H/t20-/m0/s1. The molecule has 2 amide bonds. The molecule has 0 spiro atoms. The normalized spacial score (nSPS) is 18.0. The summed E-state index contributed by atoms with van der Waals surface area (Å²) in [6.07, 6.45) is 0. The van der Waals surface area contributed by atoms with Crippen LogP contribution in [0.15, 0.2) is 88.2 Å². The number of aromatic hydroxyl groups is 1. The van der Waals surface area contributed by atoms with E-state index in [0.29, 0.717) is 21.2 Å². The average Bonchev–Trinajstić information content (AvgIpc) is 2.89. The zero-order chi connectivity index (χ0) is 20.8. The van der Waals surface area contributed by atoms with E-state index < -0.39 is 6.04 Å². The number of benzene rings is 3. The van der Waals surface area contributed by atoms with Crippen LogP contribution in [0.2, 0.25) is 5.02 Å². The fourth-order valence-electron chi connectivity index (χ4n) is 3.63. The molecule has 2 aliphatic rings. The third-order valence-corrected chi connectivity index (χ3v) is 6.50. The summed E-state index contributed by atoms with van der Waals surface area (Å²) in [5.74, 6) is -0.597. The number of fused-ring (bicyclic) bond motifs is 1. The highest BCUT2D eigenvalue weighted by atomic mass is 35.5. The van der Waals surface area contributed by atoms with Crippen molar-refractivity contribution in [3.05, 3.63) is 93.9 Å². The largest absolute Gasteiger partial charge is 0.508 e. The van der Waals surface area contributed by atoms with Gasteiger partial charge in [-0.1, -0.05) is 47.6 Å². The summed E-state index contributed by atoms with van der Waals surface area (Å²) in [5.41, 5.74) is 2.48. The minimum Gasteiger partial charge on any atom is -0.508 e. The Balaban J connectivity index is 1.65.